The van der Waals surface area contributed by atoms with E-state index in [0.29, 0.717) is 12.4 Å². The van der Waals surface area contributed by atoms with Crippen molar-refractivity contribution in [2.45, 2.75) is 32.8 Å². The predicted molar refractivity (Wildman–Crippen MR) is 64.3 cm³/mol. The van der Waals surface area contributed by atoms with Crippen molar-refractivity contribution < 1.29 is 9.53 Å². The van der Waals surface area contributed by atoms with Crippen molar-refractivity contribution in [2.24, 2.45) is 0 Å². The minimum Gasteiger partial charge on any atom is -0.443 e. The fraction of sp³-hybridized carbons (Fsp3) is 0.500. The first-order chi connectivity index (χ1) is 7.87. The van der Waals surface area contributed by atoms with Gasteiger partial charge in [-0.05, 0) is 38.8 Å². The number of anilines is 1. The zero-order chi connectivity index (χ0) is 12.6. The van der Waals surface area contributed by atoms with Gasteiger partial charge in [-0.1, -0.05) is 0 Å². The highest BCUT2D eigenvalue weighted by Gasteiger charge is 2.29. The van der Waals surface area contributed by atoms with Gasteiger partial charge in [0.05, 0.1) is 0 Å². The lowest BCUT2D eigenvalue weighted by molar-refractivity contribution is 0.0583. The highest BCUT2D eigenvalue weighted by Crippen LogP contribution is 2.25. The molecule has 92 valence electrons. The summed E-state index contributed by atoms with van der Waals surface area (Å²) in [5.41, 5.74) is 0.226. The number of hydrogen-bond acceptors (Lipinski definition) is 3. The zero-order valence-corrected chi connectivity index (χ0v) is 10.2. The Morgan fingerprint density at radius 2 is 2.12 bits per heavy atom. The van der Waals surface area contributed by atoms with Crippen LogP contribution < -0.4 is 10.5 Å². The third kappa shape index (κ3) is 2.49. The number of aromatic amines is 1. The molecule has 0 radical (unpaired) electrons. The molecular weight excluding hydrogens is 220 g/mol. The number of ether oxygens (including phenoxy) is 1. The molecule has 0 saturated heterocycles. The van der Waals surface area contributed by atoms with Crippen molar-refractivity contribution >= 4 is 11.9 Å². The number of hydrogen-bond donors (Lipinski definition) is 1. The van der Waals surface area contributed by atoms with Crippen LogP contribution >= 0.6 is 0 Å². The van der Waals surface area contributed by atoms with Gasteiger partial charge >= 0.3 is 6.09 Å². The largest absolute Gasteiger partial charge is 0.443 e. The maximum absolute atomic E-state index is 11.9. The molecule has 2 rings (SSSR count). The number of pyridine rings is 1. The van der Waals surface area contributed by atoms with Crippen molar-refractivity contribution in [2.75, 3.05) is 11.4 Å². The smallest absolute Gasteiger partial charge is 0.415 e. The summed E-state index contributed by atoms with van der Waals surface area (Å²) in [6.07, 6.45) is 0.323. The summed E-state index contributed by atoms with van der Waals surface area (Å²) in [6, 6.07) is 3.22. The van der Waals surface area contributed by atoms with Crippen molar-refractivity contribution in [3.8, 4) is 0 Å². The van der Waals surface area contributed by atoms with Gasteiger partial charge in [-0.25, -0.2) is 4.79 Å². The number of amides is 1. The van der Waals surface area contributed by atoms with Crippen molar-refractivity contribution in [3.63, 3.8) is 0 Å². The molecule has 0 fully saturated rings. The van der Waals surface area contributed by atoms with Crippen molar-refractivity contribution in [1.29, 1.82) is 0 Å². The van der Waals surface area contributed by atoms with Crippen LogP contribution in [0.1, 0.15) is 26.3 Å². The Bertz CT molecular complexity index is 499. The Morgan fingerprint density at radius 1 is 1.41 bits per heavy atom. The first-order valence-corrected chi connectivity index (χ1v) is 5.59. The first-order valence-electron chi connectivity index (χ1n) is 5.59. The van der Waals surface area contributed by atoms with E-state index in [1.54, 1.807) is 6.07 Å². The highest BCUT2D eigenvalue weighted by molar-refractivity contribution is 5.89. The lowest BCUT2D eigenvalue weighted by Crippen LogP contribution is -2.36. The van der Waals surface area contributed by atoms with E-state index >= 15 is 0 Å². The summed E-state index contributed by atoms with van der Waals surface area (Å²) < 4.78 is 5.28. The number of fused-ring (bicyclic) bond motifs is 1. The van der Waals surface area contributed by atoms with E-state index in [1.807, 2.05) is 20.8 Å². The number of nitrogens with zero attached hydrogens (tertiary/aromatic N) is 1. The van der Waals surface area contributed by atoms with Gasteiger partial charge in [0.25, 0.3) is 0 Å². The minimum absolute atomic E-state index is 0.209. The van der Waals surface area contributed by atoms with Gasteiger partial charge in [-0.2, -0.15) is 0 Å². The number of aromatic nitrogens is 1. The van der Waals surface area contributed by atoms with E-state index in [1.165, 1.54) is 11.0 Å². The van der Waals surface area contributed by atoms with E-state index in [0.717, 1.165) is 12.0 Å². The van der Waals surface area contributed by atoms with Crippen LogP contribution in [0.3, 0.4) is 0 Å². The summed E-state index contributed by atoms with van der Waals surface area (Å²) in [5.74, 6) is 0.562. The number of carbonyl (C=O) groups is 1. The van der Waals surface area contributed by atoms with E-state index < -0.39 is 11.7 Å². The first kappa shape index (κ1) is 11.7. The minimum atomic E-state index is -0.533. The SMILES string of the molecule is CC(C)(C)OC(=O)N1CCc2ccc(=O)[nH]c21. The maximum atomic E-state index is 11.9. The molecule has 1 aromatic heterocycles. The van der Waals surface area contributed by atoms with Gasteiger partial charge in [0, 0.05) is 12.6 Å². The lowest BCUT2D eigenvalue weighted by Gasteiger charge is -2.24. The van der Waals surface area contributed by atoms with Gasteiger partial charge in [-0.3, -0.25) is 9.69 Å². The van der Waals surface area contributed by atoms with Crippen LogP contribution in [-0.4, -0.2) is 23.2 Å². The highest BCUT2D eigenvalue weighted by atomic mass is 16.6. The molecule has 0 aromatic carbocycles. The Labute approximate surface area is 99.4 Å². The molecule has 5 nitrogen and oxygen atoms in total. The summed E-state index contributed by atoms with van der Waals surface area (Å²) in [6.45, 7) is 5.99. The quantitative estimate of drug-likeness (QED) is 0.745. The summed E-state index contributed by atoms with van der Waals surface area (Å²) >= 11 is 0. The molecule has 0 bridgehead atoms. The summed E-state index contributed by atoms with van der Waals surface area (Å²) in [7, 11) is 0. The molecule has 1 aliphatic heterocycles. The molecule has 0 aliphatic carbocycles. The van der Waals surface area contributed by atoms with Crippen LogP contribution in [0.15, 0.2) is 16.9 Å². The van der Waals surface area contributed by atoms with E-state index in [9.17, 15) is 9.59 Å². The van der Waals surface area contributed by atoms with E-state index in [4.69, 9.17) is 4.74 Å². The standard InChI is InChI=1S/C12H16N2O3/c1-12(2,3)17-11(16)14-7-6-8-4-5-9(15)13-10(8)14/h4-5H,6-7H2,1-3H3,(H,13,15). The van der Waals surface area contributed by atoms with Crippen molar-refractivity contribution in [3.05, 3.63) is 28.0 Å². The average Bonchev–Trinajstić information content (AvgIpc) is 2.57. The van der Waals surface area contributed by atoms with Gasteiger partial charge in [0.15, 0.2) is 0 Å². The maximum Gasteiger partial charge on any atom is 0.415 e. The second-order valence-corrected chi connectivity index (χ2v) is 5.08. The zero-order valence-electron chi connectivity index (χ0n) is 10.2. The second kappa shape index (κ2) is 3.91. The van der Waals surface area contributed by atoms with Gasteiger partial charge in [0.2, 0.25) is 5.56 Å². The number of rotatable bonds is 0. The second-order valence-electron chi connectivity index (χ2n) is 5.08. The van der Waals surface area contributed by atoms with Gasteiger partial charge in [0.1, 0.15) is 11.4 Å². The molecule has 0 saturated carbocycles. The average molecular weight is 236 g/mol. The summed E-state index contributed by atoms with van der Waals surface area (Å²) in [5, 5.41) is 0. The van der Waals surface area contributed by atoms with Crippen LogP contribution in [0, 0.1) is 0 Å². The molecule has 1 aromatic rings. The third-order valence-corrected chi connectivity index (χ3v) is 2.47. The molecule has 1 N–H and O–H groups in total. The normalized spacial score (nSPS) is 14.6. The Hall–Kier alpha value is -1.78. The number of carbonyl (C=O) groups excluding carboxylic acids is 1. The van der Waals surface area contributed by atoms with Crippen LogP contribution in [0.4, 0.5) is 10.6 Å². The summed E-state index contributed by atoms with van der Waals surface area (Å²) in [4.78, 5) is 27.3. The lowest BCUT2D eigenvalue weighted by atomic mass is 10.2. The Balaban J connectivity index is 2.25. The molecule has 5 heteroatoms. The third-order valence-electron chi connectivity index (χ3n) is 2.47. The van der Waals surface area contributed by atoms with Crippen LogP contribution in [0.2, 0.25) is 0 Å². The van der Waals surface area contributed by atoms with Crippen LogP contribution in [-0.2, 0) is 11.2 Å². The molecule has 1 amide bonds. The molecule has 17 heavy (non-hydrogen) atoms. The predicted octanol–water partition coefficient (Wildman–Crippen LogP) is 1.67. The Kier molecular flexibility index (Phi) is 2.69. The van der Waals surface area contributed by atoms with Crippen LogP contribution in [0.5, 0.6) is 0 Å². The molecular formula is C12H16N2O3. The molecule has 0 spiro atoms. The molecule has 1 aliphatic rings. The monoisotopic (exact) mass is 236 g/mol. The Morgan fingerprint density at radius 3 is 2.76 bits per heavy atom. The fourth-order valence-corrected chi connectivity index (χ4v) is 1.78. The van der Waals surface area contributed by atoms with Gasteiger partial charge in [-0.15, -0.1) is 0 Å². The van der Waals surface area contributed by atoms with E-state index in [-0.39, 0.29) is 5.56 Å². The number of nitrogens with one attached hydrogen (secondary N) is 1. The molecule has 0 atom stereocenters. The molecule has 2 heterocycles. The van der Waals surface area contributed by atoms with Crippen LogP contribution in [0.25, 0.3) is 0 Å². The number of H-pyrrole nitrogens is 1. The molecule has 0 unspecified atom stereocenters. The van der Waals surface area contributed by atoms with Crippen molar-refractivity contribution in [1.82, 2.24) is 4.98 Å². The topological polar surface area (TPSA) is 62.4 Å². The van der Waals surface area contributed by atoms with Gasteiger partial charge < -0.3 is 9.72 Å². The van der Waals surface area contributed by atoms with E-state index in [2.05, 4.69) is 4.98 Å². The fourth-order valence-electron chi connectivity index (χ4n) is 1.78.